The second-order valence-electron chi connectivity index (χ2n) is 6.66. The van der Waals surface area contributed by atoms with Crippen molar-refractivity contribution >= 4 is 22.5 Å². The summed E-state index contributed by atoms with van der Waals surface area (Å²) in [5.41, 5.74) is 4.18. The zero-order chi connectivity index (χ0) is 18.3. The van der Waals surface area contributed by atoms with Gasteiger partial charge in [-0.1, -0.05) is 35.9 Å². The van der Waals surface area contributed by atoms with Gasteiger partial charge in [0.15, 0.2) is 0 Å². The highest BCUT2D eigenvalue weighted by molar-refractivity contribution is 5.97. The van der Waals surface area contributed by atoms with Gasteiger partial charge in [0.1, 0.15) is 11.2 Å². The molecule has 0 saturated heterocycles. The van der Waals surface area contributed by atoms with Crippen molar-refractivity contribution in [3.05, 3.63) is 69.6 Å². The summed E-state index contributed by atoms with van der Waals surface area (Å²) in [7, 11) is 1.75. The number of fused-ring (bicyclic) bond motifs is 1. The van der Waals surface area contributed by atoms with E-state index in [2.05, 4.69) is 41.3 Å². The number of aryl methyl sites for hydroxylation is 2. The number of hydrogen-bond donors (Lipinski definition) is 1. The van der Waals surface area contributed by atoms with Crippen molar-refractivity contribution in [2.45, 2.75) is 13.3 Å². The molecule has 3 heterocycles. The van der Waals surface area contributed by atoms with E-state index in [0.29, 0.717) is 24.1 Å². The lowest BCUT2D eigenvalue weighted by atomic mass is 9.98. The summed E-state index contributed by atoms with van der Waals surface area (Å²) < 4.78 is 1.59. The smallest absolute Gasteiger partial charge is 0.259 e. The number of nitrogens with one attached hydrogen (secondary N) is 1. The monoisotopic (exact) mass is 348 g/mol. The van der Waals surface area contributed by atoms with E-state index in [1.807, 2.05) is 6.07 Å². The first kappa shape index (κ1) is 16.3. The van der Waals surface area contributed by atoms with Gasteiger partial charge in [0.2, 0.25) is 5.43 Å². The molecule has 6 heteroatoms. The van der Waals surface area contributed by atoms with Crippen molar-refractivity contribution in [2.75, 3.05) is 13.1 Å². The molecule has 3 aromatic rings. The zero-order valence-electron chi connectivity index (χ0n) is 14.8. The molecular formula is C20H20N4O2. The maximum absolute atomic E-state index is 12.8. The molecule has 1 N–H and O–H groups in total. The molecule has 0 radical (unpaired) electrons. The third-order valence-electron chi connectivity index (χ3n) is 4.90. The summed E-state index contributed by atoms with van der Waals surface area (Å²) in [5, 5.41) is 4.51. The first-order valence-corrected chi connectivity index (χ1v) is 8.63. The molecule has 1 aromatic carbocycles. The molecular weight excluding hydrogens is 328 g/mol. The Kier molecular flexibility index (Phi) is 3.95. The molecule has 0 atom stereocenters. The number of carbonyl (C=O) groups is 1. The van der Waals surface area contributed by atoms with Gasteiger partial charge in [-0.05, 0) is 24.5 Å². The van der Waals surface area contributed by atoms with Crippen molar-refractivity contribution in [1.82, 2.24) is 19.7 Å². The number of hydrogen-bond acceptors (Lipinski definition) is 3. The summed E-state index contributed by atoms with van der Waals surface area (Å²) in [6.07, 6.45) is 5.85. The van der Waals surface area contributed by atoms with Gasteiger partial charge in [-0.25, -0.2) is 0 Å². The fraction of sp³-hybridized carbons (Fsp3) is 0.250. The molecule has 1 aliphatic heterocycles. The Morgan fingerprint density at radius 3 is 2.88 bits per heavy atom. The predicted molar refractivity (Wildman–Crippen MR) is 101 cm³/mol. The first-order chi connectivity index (χ1) is 12.5. The van der Waals surface area contributed by atoms with Crippen LogP contribution in [-0.4, -0.2) is 38.7 Å². The molecule has 1 aliphatic rings. The van der Waals surface area contributed by atoms with Gasteiger partial charge in [-0.2, -0.15) is 5.10 Å². The van der Waals surface area contributed by atoms with E-state index < -0.39 is 0 Å². The van der Waals surface area contributed by atoms with Crippen LogP contribution in [0.1, 0.15) is 27.9 Å². The van der Waals surface area contributed by atoms with E-state index in [-0.39, 0.29) is 16.9 Å². The summed E-state index contributed by atoms with van der Waals surface area (Å²) in [6.45, 7) is 3.18. The zero-order valence-corrected chi connectivity index (χ0v) is 14.8. The lowest BCUT2D eigenvalue weighted by Gasteiger charge is -2.26. The minimum Gasteiger partial charge on any atom is -0.345 e. The Labute approximate surface area is 150 Å². The lowest BCUT2D eigenvalue weighted by Crippen LogP contribution is -2.37. The van der Waals surface area contributed by atoms with Crippen LogP contribution in [0.15, 0.2) is 47.5 Å². The van der Waals surface area contributed by atoms with Crippen LogP contribution in [0.25, 0.3) is 16.6 Å². The number of carbonyl (C=O) groups excluding carboxylic acids is 1. The summed E-state index contributed by atoms with van der Waals surface area (Å²) in [6, 6.07) is 8.37. The number of benzene rings is 1. The Morgan fingerprint density at radius 1 is 1.31 bits per heavy atom. The van der Waals surface area contributed by atoms with Gasteiger partial charge in [-0.3, -0.25) is 14.3 Å². The van der Waals surface area contributed by atoms with Crippen LogP contribution >= 0.6 is 0 Å². The molecule has 26 heavy (non-hydrogen) atoms. The number of amides is 1. The van der Waals surface area contributed by atoms with Crippen LogP contribution in [0.3, 0.4) is 0 Å². The van der Waals surface area contributed by atoms with Crippen LogP contribution in [-0.2, 0) is 7.05 Å². The maximum atomic E-state index is 12.8. The molecule has 1 amide bonds. The number of pyridine rings is 1. The van der Waals surface area contributed by atoms with Gasteiger partial charge in [0.05, 0.1) is 11.6 Å². The Hall–Kier alpha value is -3.15. The normalized spacial score (nSPS) is 14.5. The molecule has 0 bridgehead atoms. The molecule has 0 saturated carbocycles. The van der Waals surface area contributed by atoms with Gasteiger partial charge in [0.25, 0.3) is 5.91 Å². The molecule has 0 unspecified atom stereocenters. The minimum absolute atomic E-state index is 0.165. The largest absolute Gasteiger partial charge is 0.345 e. The predicted octanol–water partition coefficient (Wildman–Crippen LogP) is 2.50. The fourth-order valence-corrected chi connectivity index (χ4v) is 3.42. The molecule has 0 fully saturated rings. The van der Waals surface area contributed by atoms with Crippen molar-refractivity contribution in [3.8, 4) is 0 Å². The standard InChI is InChI=1S/C20H20N4O2/c1-13-4-3-5-15(10-13)14-6-8-24(9-7-14)20(26)17-11-21-19-16(18(17)25)12-22-23(19)2/h3-6,10-12H,7-9H2,1-2H3,(H,21,25). The van der Waals surface area contributed by atoms with Crippen molar-refractivity contribution in [2.24, 2.45) is 7.05 Å². The van der Waals surface area contributed by atoms with E-state index in [4.69, 9.17) is 0 Å². The summed E-state index contributed by atoms with van der Waals surface area (Å²) in [5.74, 6) is -0.239. The van der Waals surface area contributed by atoms with Gasteiger partial charge < -0.3 is 9.88 Å². The SMILES string of the molecule is Cc1cccc(C2=CCN(C(=O)c3c[nH]c4c(cnn4C)c3=O)CC2)c1. The average molecular weight is 348 g/mol. The number of nitrogens with zero attached hydrogens (tertiary/aromatic N) is 3. The second kappa shape index (κ2) is 6.29. The highest BCUT2D eigenvalue weighted by Gasteiger charge is 2.23. The topological polar surface area (TPSA) is 71.0 Å². The molecule has 4 rings (SSSR count). The molecule has 132 valence electrons. The van der Waals surface area contributed by atoms with E-state index >= 15 is 0 Å². The highest BCUT2D eigenvalue weighted by atomic mass is 16.2. The quantitative estimate of drug-likeness (QED) is 0.773. The lowest BCUT2D eigenvalue weighted by molar-refractivity contribution is 0.0771. The van der Waals surface area contributed by atoms with E-state index in [1.54, 1.807) is 16.6 Å². The van der Waals surface area contributed by atoms with Gasteiger partial charge in [-0.15, -0.1) is 0 Å². The van der Waals surface area contributed by atoms with Gasteiger partial charge >= 0.3 is 0 Å². The van der Waals surface area contributed by atoms with Crippen LogP contribution in [0, 0.1) is 6.92 Å². The van der Waals surface area contributed by atoms with Crippen LogP contribution < -0.4 is 5.43 Å². The van der Waals surface area contributed by atoms with Crippen molar-refractivity contribution < 1.29 is 4.79 Å². The number of rotatable bonds is 2. The van der Waals surface area contributed by atoms with Crippen molar-refractivity contribution in [1.29, 1.82) is 0 Å². The second-order valence-corrected chi connectivity index (χ2v) is 6.66. The molecule has 0 spiro atoms. The third-order valence-corrected chi connectivity index (χ3v) is 4.90. The summed E-state index contributed by atoms with van der Waals surface area (Å²) >= 11 is 0. The van der Waals surface area contributed by atoms with E-state index in [9.17, 15) is 9.59 Å². The van der Waals surface area contributed by atoms with Crippen molar-refractivity contribution in [3.63, 3.8) is 0 Å². The highest BCUT2D eigenvalue weighted by Crippen LogP contribution is 2.23. The Balaban J connectivity index is 1.59. The minimum atomic E-state index is -0.273. The Morgan fingerprint density at radius 2 is 2.15 bits per heavy atom. The Bertz CT molecular complexity index is 1090. The molecule has 0 aliphatic carbocycles. The fourth-order valence-electron chi connectivity index (χ4n) is 3.42. The van der Waals surface area contributed by atoms with Gasteiger partial charge in [0, 0.05) is 26.3 Å². The summed E-state index contributed by atoms with van der Waals surface area (Å²) in [4.78, 5) is 30.2. The number of H-pyrrole nitrogens is 1. The maximum Gasteiger partial charge on any atom is 0.259 e. The molecule has 6 nitrogen and oxygen atoms in total. The molecule has 2 aromatic heterocycles. The van der Waals surface area contributed by atoms with Crippen LogP contribution in [0.4, 0.5) is 0 Å². The average Bonchev–Trinajstić information content (AvgIpc) is 3.04. The number of aromatic amines is 1. The van der Waals surface area contributed by atoms with E-state index in [1.165, 1.54) is 29.1 Å². The van der Waals surface area contributed by atoms with E-state index in [0.717, 1.165) is 6.42 Å². The van der Waals surface area contributed by atoms with Crippen LogP contribution in [0.2, 0.25) is 0 Å². The van der Waals surface area contributed by atoms with Crippen LogP contribution in [0.5, 0.6) is 0 Å². The number of aromatic nitrogens is 3. The first-order valence-electron chi connectivity index (χ1n) is 8.63. The third kappa shape index (κ3) is 2.73.